The van der Waals surface area contributed by atoms with Crippen LogP contribution >= 0.6 is 23.4 Å². The van der Waals surface area contributed by atoms with Crippen molar-refractivity contribution >= 4 is 35.1 Å². The number of carbonyl (C=O) groups excluding carboxylic acids is 1. The molecule has 6 nitrogen and oxygen atoms in total. The van der Waals surface area contributed by atoms with Crippen LogP contribution in [0.2, 0.25) is 5.02 Å². The number of hydrogen-bond donors (Lipinski definition) is 1. The fourth-order valence-electron chi connectivity index (χ4n) is 4.24. The van der Waals surface area contributed by atoms with Gasteiger partial charge in [-0.25, -0.2) is 9.07 Å². The molecule has 0 spiro atoms. The summed E-state index contributed by atoms with van der Waals surface area (Å²) in [6, 6.07) is 21.3. The lowest BCUT2D eigenvalue weighted by molar-refractivity contribution is -0.114. The number of benzene rings is 3. The fourth-order valence-corrected chi connectivity index (χ4v) is 5.24. The van der Waals surface area contributed by atoms with Gasteiger partial charge in [-0.3, -0.25) is 4.79 Å². The summed E-state index contributed by atoms with van der Waals surface area (Å²) in [7, 11) is 0. The average Bonchev–Trinajstić information content (AvgIpc) is 3.29. The van der Waals surface area contributed by atoms with E-state index in [1.807, 2.05) is 55.5 Å². The van der Waals surface area contributed by atoms with E-state index >= 15 is 0 Å². The minimum Gasteiger partial charge on any atom is -0.489 e. The first-order chi connectivity index (χ1) is 17.9. The van der Waals surface area contributed by atoms with Gasteiger partial charge >= 0.3 is 0 Å². The van der Waals surface area contributed by atoms with Crippen LogP contribution in [-0.2, 0) is 17.2 Å². The van der Waals surface area contributed by atoms with Crippen LogP contribution in [-0.4, -0.2) is 20.5 Å². The lowest BCUT2D eigenvalue weighted by Crippen LogP contribution is -2.27. The molecule has 0 aliphatic carbocycles. The van der Waals surface area contributed by atoms with E-state index in [2.05, 4.69) is 15.4 Å². The molecule has 5 rings (SSSR count). The highest BCUT2D eigenvalue weighted by Crippen LogP contribution is 2.37. The molecule has 188 valence electrons. The Morgan fingerprint density at radius 2 is 1.78 bits per heavy atom. The topological polar surface area (TPSA) is 69.0 Å². The molecular weight excluding hydrogens is 511 g/mol. The van der Waals surface area contributed by atoms with Gasteiger partial charge in [0.25, 0.3) is 0 Å². The summed E-state index contributed by atoms with van der Waals surface area (Å²) in [5, 5.41) is 9.03. The number of thioether (sulfide) groups is 1. The molecule has 0 saturated heterocycles. The van der Waals surface area contributed by atoms with Crippen molar-refractivity contribution in [2.45, 2.75) is 37.4 Å². The third-order valence-corrected chi connectivity index (χ3v) is 7.33. The molecule has 1 aliphatic heterocycles. The van der Waals surface area contributed by atoms with E-state index in [0.717, 1.165) is 16.8 Å². The first-order valence-corrected chi connectivity index (χ1v) is 13.0. The molecule has 1 aromatic heterocycles. The van der Waals surface area contributed by atoms with Gasteiger partial charge in [-0.05, 0) is 49.2 Å². The van der Waals surface area contributed by atoms with Crippen molar-refractivity contribution in [3.8, 4) is 5.75 Å². The van der Waals surface area contributed by atoms with Gasteiger partial charge in [0.2, 0.25) is 11.1 Å². The summed E-state index contributed by atoms with van der Waals surface area (Å²) in [5.41, 5.74) is 3.68. The van der Waals surface area contributed by atoms with E-state index in [-0.39, 0.29) is 11.6 Å². The number of nitrogens with zero attached hydrogens (tertiary/aromatic N) is 3. The first kappa shape index (κ1) is 25.0. The SMILES string of the molecule is CC(=O)C1=C(C)Nc2nc(SCc3ccccc3F)nn2C1c1ccc(OCc2ccccc2Cl)cc1. The Balaban J connectivity index is 1.39. The maximum absolute atomic E-state index is 14.1. The molecule has 1 aliphatic rings. The number of halogens is 2. The van der Waals surface area contributed by atoms with Gasteiger partial charge in [0, 0.05) is 27.6 Å². The van der Waals surface area contributed by atoms with Crippen molar-refractivity contribution in [1.29, 1.82) is 0 Å². The Kier molecular flexibility index (Phi) is 7.30. The number of ketones is 1. The van der Waals surface area contributed by atoms with Crippen molar-refractivity contribution < 1.29 is 13.9 Å². The Labute approximate surface area is 223 Å². The van der Waals surface area contributed by atoms with Gasteiger partial charge in [-0.2, -0.15) is 4.98 Å². The summed E-state index contributed by atoms with van der Waals surface area (Å²) >= 11 is 7.57. The summed E-state index contributed by atoms with van der Waals surface area (Å²) in [4.78, 5) is 17.3. The zero-order valence-corrected chi connectivity index (χ0v) is 21.8. The number of nitrogens with one attached hydrogen (secondary N) is 1. The van der Waals surface area contributed by atoms with Crippen molar-refractivity contribution in [1.82, 2.24) is 14.8 Å². The van der Waals surface area contributed by atoms with Gasteiger partial charge in [-0.15, -0.1) is 5.10 Å². The maximum Gasteiger partial charge on any atom is 0.227 e. The molecule has 1 unspecified atom stereocenters. The molecule has 1 N–H and O–H groups in total. The van der Waals surface area contributed by atoms with Crippen molar-refractivity contribution in [3.63, 3.8) is 0 Å². The molecule has 0 radical (unpaired) electrons. The van der Waals surface area contributed by atoms with Crippen LogP contribution in [0.15, 0.2) is 89.2 Å². The molecule has 4 aromatic rings. The monoisotopic (exact) mass is 534 g/mol. The zero-order chi connectivity index (χ0) is 25.9. The Morgan fingerprint density at radius 3 is 2.49 bits per heavy atom. The number of carbonyl (C=O) groups is 1. The summed E-state index contributed by atoms with van der Waals surface area (Å²) < 4.78 is 21.7. The second-order valence-electron chi connectivity index (χ2n) is 8.61. The van der Waals surface area contributed by atoms with Gasteiger partial charge < -0.3 is 10.1 Å². The zero-order valence-electron chi connectivity index (χ0n) is 20.2. The highest BCUT2D eigenvalue weighted by atomic mass is 35.5. The first-order valence-electron chi connectivity index (χ1n) is 11.7. The third-order valence-electron chi connectivity index (χ3n) is 6.08. The molecule has 37 heavy (non-hydrogen) atoms. The maximum atomic E-state index is 14.1. The van der Waals surface area contributed by atoms with Crippen LogP contribution in [0.25, 0.3) is 0 Å². The number of rotatable bonds is 8. The fraction of sp³-hybridized carbons (Fsp3) is 0.179. The number of fused-ring (bicyclic) bond motifs is 1. The van der Waals surface area contributed by atoms with E-state index in [1.54, 1.807) is 29.8 Å². The van der Waals surface area contributed by atoms with E-state index in [9.17, 15) is 9.18 Å². The number of aromatic nitrogens is 3. The Hall–Kier alpha value is -3.62. The Bertz CT molecular complexity index is 1490. The van der Waals surface area contributed by atoms with Gasteiger partial charge in [0.1, 0.15) is 24.2 Å². The quantitative estimate of drug-likeness (QED) is 0.250. The van der Waals surface area contributed by atoms with Crippen LogP contribution in [0.5, 0.6) is 5.75 Å². The van der Waals surface area contributed by atoms with Gasteiger partial charge in [-0.1, -0.05) is 71.9 Å². The molecule has 0 fully saturated rings. The van der Waals surface area contributed by atoms with Crippen molar-refractivity contribution in [3.05, 3.63) is 112 Å². The van der Waals surface area contributed by atoms with E-state index in [0.29, 0.717) is 45.4 Å². The predicted molar refractivity (Wildman–Crippen MR) is 143 cm³/mol. The normalized spacial score (nSPS) is 14.8. The van der Waals surface area contributed by atoms with Crippen LogP contribution in [0.1, 0.15) is 36.6 Å². The number of Topliss-reactive ketones (excluding diaryl/α,β-unsaturated/α-hetero) is 1. The molecule has 1 atom stereocenters. The standard InChI is InChI=1S/C28H24ClFN4O2S/c1-17-25(18(2)35)26(19-11-13-22(14-12-19)36-15-20-7-3-5-9-23(20)29)34-27(31-17)32-28(33-34)37-16-21-8-4-6-10-24(21)30/h3-14,26H,15-16H2,1-2H3,(H,31,32,33). The van der Waals surface area contributed by atoms with Crippen LogP contribution in [0, 0.1) is 5.82 Å². The molecule has 9 heteroatoms. The van der Waals surface area contributed by atoms with E-state index < -0.39 is 6.04 Å². The minimum absolute atomic E-state index is 0.0595. The number of anilines is 1. The van der Waals surface area contributed by atoms with Crippen LogP contribution < -0.4 is 10.1 Å². The summed E-state index contributed by atoms with van der Waals surface area (Å²) in [6.07, 6.45) is 0. The third kappa shape index (κ3) is 5.40. The lowest BCUT2D eigenvalue weighted by Gasteiger charge is -2.28. The summed E-state index contributed by atoms with van der Waals surface area (Å²) in [6.45, 7) is 3.75. The van der Waals surface area contributed by atoms with Gasteiger partial charge in [0.15, 0.2) is 5.78 Å². The predicted octanol–water partition coefficient (Wildman–Crippen LogP) is 6.82. The van der Waals surface area contributed by atoms with E-state index in [4.69, 9.17) is 16.3 Å². The average molecular weight is 535 g/mol. The molecule has 0 saturated carbocycles. The minimum atomic E-state index is -0.457. The Morgan fingerprint density at radius 1 is 1.08 bits per heavy atom. The summed E-state index contributed by atoms with van der Waals surface area (Å²) in [5.74, 6) is 1.29. The van der Waals surface area contributed by atoms with Crippen molar-refractivity contribution in [2.75, 3.05) is 5.32 Å². The van der Waals surface area contributed by atoms with Crippen LogP contribution in [0.4, 0.5) is 10.3 Å². The highest BCUT2D eigenvalue weighted by Gasteiger charge is 2.32. The molecule has 0 bridgehead atoms. The number of ether oxygens (including phenoxy) is 1. The second-order valence-corrected chi connectivity index (χ2v) is 9.96. The second kappa shape index (κ2) is 10.8. The molecule has 2 heterocycles. The van der Waals surface area contributed by atoms with Crippen molar-refractivity contribution in [2.24, 2.45) is 0 Å². The lowest BCUT2D eigenvalue weighted by atomic mass is 9.93. The smallest absolute Gasteiger partial charge is 0.227 e. The number of hydrogen-bond acceptors (Lipinski definition) is 6. The number of allylic oxidation sites excluding steroid dienone is 2. The molecule has 3 aromatic carbocycles. The molecular formula is C28H24ClFN4O2S. The highest BCUT2D eigenvalue weighted by molar-refractivity contribution is 7.98. The molecule has 0 amide bonds. The van der Waals surface area contributed by atoms with Gasteiger partial charge in [0.05, 0.1) is 0 Å². The van der Waals surface area contributed by atoms with E-state index in [1.165, 1.54) is 17.8 Å². The van der Waals surface area contributed by atoms with Crippen LogP contribution in [0.3, 0.4) is 0 Å². The largest absolute Gasteiger partial charge is 0.489 e.